The van der Waals surface area contributed by atoms with E-state index in [1.165, 1.54) is 0 Å². The zero-order chi connectivity index (χ0) is 17.4. The first kappa shape index (κ1) is 15.1. The van der Waals surface area contributed by atoms with Crippen molar-refractivity contribution in [1.29, 1.82) is 0 Å². The van der Waals surface area contributed by atoms with Gasteiger partial charge in [0.25, 0.3) is 0 Å². The van der Waals surface area contributed by atoms with Crippen molar-refractivity contribution in [1.82, 2.24) is 15.0 Å². The maximum Gasteiger partial charge on any atom is 0.165 e. The number of methoxy groups -OCH3 is 2. The smallest absolute Gasteiger partial charge is 0.165 e. The van der Waals surface area contributed by atoms with Crippen LogP contribution in [0.3, 0.4) is 0 Å². The number of pyridine rings is 1. The largest absolute Gasteiger partial charge is 0.493 e. The van der Waals surface area contributed by atoms with Gasteiger partial charge in [0.1, 0.15) is 0 Å². The Morgan fingerprint density at radius 2 is 1.60 bits per heavy atom. The molecule has 0 amide bonds. The SMILES string of the molecule is COc1cc2nc3nc(-c4ccccc4)ncc3c(N)c2cc1OC. The third-order valence-electron chi connectivity index (χ3n) is 4.11. The number of aromatic nitrogens is 3. The molecule has 0 radical (unpaired) electrons. The number of nitrogens with two attached hydrogens (primary N) is 1. The fraction of sp³-hybridized carbons (Fsp3) is 0.105. The van der Waals surface area contributed by atoms with Crippen molar-refractivity contribution in [2.24, 2.45) is 0 Å². The second-order valence-electron chi connectivity index (χ2n) is 5.55. The molecule has 2 N–H and O–H groups in total. The lowest BCUT2D eigenvalue weighted by Crippen LogP contribution is -1.99. The van der Waals surface area contributed by atoms with Crippen LogP contribution in [0, 0.1) is 0 Å². The number of nitrogen functional groups attached to an aromatic ring is 1. The zero-order valence-corrected chi connectivity index (χ0v) is 13.9. The standard InChI is InChI=1S/C19H16N4O2/c1-24-15-8-12-14(9-16(15)25-2)22-19-13(17(12)20)10-21-18(23-19)11-6-4-3-5-7-11/h3-10H,1-2H3,(H2,20,21,22,23). The minimum Gasteiger partial charge on any atom is -0.493 e. The Bertz CT molecular complexity index is 1080. The molecule has 0 spiro atoms. The first-order valence-electron chi connectivity index (χ1n) is 7.74. The number of hydrogen-bond donors (Lipinski definition) is 1. The average Bonchev–Trinajstić information content (AvgIpc) is 2.67. The summed E-state index contributed by atoms with van der Waals surface area (Å²) >= 11 is 0. The molecule has 6 nitrogen and oxygen atoms in total. The Morgan fingerprint density at radius 3 is 2.32 bits per heavy atom. The number of rotatable bonds is 3. The Balaban J connectivity index is 1.99. The minimum absolute atomic E-state index is 0.547. The molecule has 0 saturated carbocycles. The van der Waals surface area contributed by atoms with Crippen LogP contribution in [0.4, 0.5) is 5.69 Å². The van der Waals surface area contributed by atoms with E-state index in [9.17, 15) is 0 Å². The lowest BCUT2D eigenvalue weighted by Gasteiger charge is -2.11. The molecule has 0 atom stereocenters. The van der Waals surface area contributed by atoms with Gasteiger partial charge < -0.3 is 15.2 Å². The molecule has 0 fully saturated rings. The minimum atomic E-state index is 0.547. The van der Waals surface area contributed by atoms with Crippen molar-refractivity contribution in [3.05, 3.63) is 48.7 Å². The summed E-state index contributed by atoms with van der Waals surface area (Å²) in [5.74, 6) is 1.81. The van der Waals surface area contributed by atoms with E-state index >= 15 is 0 Å². The molecule has 6 heteroatoms. The number of ether oxygens (including phenoxy) is 2. The molecular formula is C19H16N4O2. The molecule has 0 saturated heterocycles. The second kappa shape index (κ2) is 5.90. The summed E-state index contributed by atoms with van der Waals surface area (Å²) in [6.07, 6.45) is 1.71. The summed E-state index contributed by atoms with van der Waals surface area (Å²) in [6.45, 7) is 0. The summed E-state index contributed by atoms with van der Waals surface area (Å²) < 4.78 is 10.7. The van der Waals surface area contributed by atoms with Gasteiger partial charge in [-0.15, -0.1) is 0 Å². The molecule has 4 aromatic rings. The maximum atomic E-state index is 6.34. The van der Waals surface area contributed by atoms with Crippen LogP contribution in [0.2, 0.25) is 0 Å². The van der Waals surface area contributed by atoms with Crippen molar-refractivity contribution in [3.63, 3.8) is 0 Å². The fourth-order valence-electron chi connectivity index (χ4n) is 2.81. The molecule has 0 aliphatic carbocycles. The van der Waals surface area contributed by atoms with Crippen molar-refractivity contribution >= 4 is 27.6 Å². The van der Waals surface area contributed by atoms with Crippen molar-refractivity contribution in [2.45, 2.75) is 0 Å². The molecule has 0 unspecified atom stereocenters. The average molecular weight is 332 g/mol. The Kier molecular flexibility index (Phi) is 3.57. The van der Waals surface area contributed by atoms with E-state index in [0.717, 1.165) is 10.9 Å². The van der Waals surface area contributed by atoms with Gasteiger partial charge in [0.2, 0.25) is 0 Å². The first-order valence-corrected chi connectivity index (χ1v) is 7.74. The monoisotopic (exact) mass is 332 g/mol. The third kappa shape index (κ3) is 2.48. The van der Waals surface area contributed by atoms with Gasteiger partial charge in [-0.05, 0) is 6.07 Å². The van der Waals surface area contributed by atoms with Crippen LogP contribution in [-0.4, -0.2) is 29.2 Å². The molecule has 0 aliphatic heterocycles. The van der Waals surface area contributed by atoms with Gasteiger partial charge in [-0.2, -0.15) is 0 Å². The van der Waals surface area contributed by atoms with Gasteiger partial charge in [-0.1, -0.05) is 30.3 Å². The lowest BCUT2D eigenvalue weighted by atomic mass is 10.1. The number of anilines is 1. The predicted molar refractivity (Wildman–Crippen MR) is 97.8 cm³/mol. The lowest BCUT2D eigenvalue weighted by molar-refractivity contribution is 0.356. The molecular weight excluding hydrogens is 316 g/mol. The summed E-state index contributed by atoms with van der Waals surface area (Å²) in [5, 5.41) is 1.49. The number of hydrogen-bond acceptors (Lipinski definition) is 6. The molecule has 0 bridgehead atoms. The second-order valence-corrected chi connectivity index (χ2v) is 5.55. The summed E-state index contributed by atoms with van der Waals surface area (Å²) in [6, 6.07) is 13.4. The van der Waals surface area contributed by atoms with Crippen LogP contribution in [-0.2, 0) is 0 Å². The highest BCUT2D eigenvalue weighted by Crippen LogP contribution is 2.36. The van der Waals surface area contributed by atoms with Gasteiger partial charge >= 0.3 is 0 Å². The van der Waals surface area contributed by atoms with Crippen LogP contribution in [0.25, 0.3) is 33.3 Å². The van der Waals surface area contributed by atoms with Gasteiger partial charge in [0.15, 0.2) is 23.0 Å². The summed E-state index contributed by atoms with van der Waals surface area (Å²) in [4.78, 5) is 13.7. The fourth-order valence-corrected chi connectivity index (χ4v) is 2.81. The van der Waals surface area contributed by atoms with Gasteiger partial charge in [0, 0.05) is 23.2 Å². The first-order chi connectivity index (χ1) is 12.2. The highest BCUT2D eigenvalue weighted by atomic mass is 16.5. The van der Waals surface area contributed by atoms with E-state index in [0.29, 0.717) is 39.6 Å². The van der Waals surface area contributed by atoms with Crippen LogP contribution >= 0.6 is 0 Å². The Labute approximate surface area is 144 Å². The number of nitrogens with zero attached hydrogens (tertiary/aromatic N) is 3. The zero-order valence-electron chi connectivity index (χ0n) is 13.9. The molecule has 124 valence electrons. The highest BCUT2D eigenvalue weighted by molar-refractivity contribution is 6.06. The molecule has 2 aromatic heterocycles. The highest BCUT2D eigenvalue weighted by Gasteiger charge is 2.14. The van der Waals surface area contributed by atoms with Crippen LogP contribution < -0.4 is 15.2 Å². The Hall–Kier alpha value is -3.41. The van der Waals surface area contributed by atoms with E-state index in [1.54, 1.807) is 26.5 Å². The van der Waals surface area contributed by atoms with E-state index in [2.05, 4.69) is 15.0 Å². The predicted octanol–water partition coefficient (Wildman–Crippen LogP) is 3.44. The van der Waals surface area contributed by atoms with Crippen molar-refractivity contribution in [2.75, 3.05) is 20.0 Å². The maximum absolute atomic E-state index is 6.34. The molecule has 4 rings (SSSR count). The molecule has 2 aromatic carbocycles. The quantitative estimate of drug-likeness (QED) is 0.579. The Morgan fingerprint density at radius 1 is 0.880 bits per heavy atom. The molecule has 25 heavy (non-hydrogen) atoms. The number of fused-ring (bicyclic) bond motifs is 2. The van der Waals surface area contributed by atoms with E-state index < -0.39 is 0 Å². The van der Waals surface area contributed by atoms with Gasteiger partial charge in [-0.25, -0.2) is 15.0 Å². The van der Waals surface area contributed by atoms with E-state index in [1.807, 2.05) is 36.4 Å². The van der Waals surface area contributed by atoms with Crippen molar-refractivity contribution < 1.29 is 9.47 Å². The van der Waals surface area contributed by atoms with Crippen LogP contribution in [0.15, 0.2) is 48.7 Å². The summed E-state index contributed by atoms with van der Waals surface area (Å²) in [7, 11) is 3.17. The van der Waals surface area contributed by atoms with Crippen LogP contribution in [0.1, 0.15) is 0 Å². The van der Waals surface area contributed by atoms with Crippen molar-refractivity contribution in [3.8, 4) is 22.9 Å². The third-order valence-corrected chi connectivity index (χ3v) is 4.11. The topological polar surface area (TPSA) is 83.2 Å². The number of benzene rings is 2. The normalized spacial score (nSPS) is 11.0. The molecule has 2 heterocycles. The van der Waals surface area contributed by atoms with Gasteiger partial charge in [-0.3, -0.25) is 0 Å². The summed E-state index contributed by atoms with van der Waals surface area (Å²) in [5.41, 5.74) is 9.08. The van der Waals surface area contributed by atoms with E-state index in [-0.39, 0.29) is 0 Å². The molecule has 0 aliphatic rings. The van der Waals surface area contributed by atoms with Crippen LogP contribution in [0.5, 0.6) is 11.5 Å². The van der Waals surface area contributed by atoms with Gasteiger partial charge in [0.05, 0.1) is 30.8 Å². The van der Waals surface area contributed by atoms with E-state index in [4.69, 9.17) is 15.2 Å².